The van der Waals surface area contributed by atoms with E-state index < -0.39 is 15.6 Å². The summed E-state index contributed by atoms with van der Waals surface area (Å²) in [5, 5.41) is 2.75. The molecular weight excluding hydrogens is 386 g/mol. The number of benzene rings is 1. The lowest BCUT2D eigenvalue weighted by Gasteiger charge is -2.13. The SMILES string of the molecule is CN(C)S(=O)(=O)c1ccc(=O)n(CC(=O)NCCCSc2ccccc2)c1. The first-order valence-corrected chi connectivity index (χ1v) is 10.8. The molecule has 0 spiro atoms. The van der Waals surface area contributed by atoms with Gasteiger partial charge in [-0.05, 0) is 30.4 Å². The van der Waals surface area contributed by atoms with Crippen LogP contribution in [0.1, 0.15) is 6.42 Å². The van der Waals surface area contributed by atoms with E-state index in [2.05, 4.69) is 5.32 Å². The van der Waals surface area contributed by atoms with Gasteiger partial charge in [0.25, 0.3) is 5.56 Å². The van der Waals surface area contributed by atoms with Crippen molar-refractivity contribution >= 4 is 27.7 Å². The van der Waals surface area contributed by atoms with Crippen LogP contribution in [-0.2, 0) is 21.4 Å². The summed E-state index contributed by atoms with van der Waals surface area (Å²) in [6.45, 7) is 0.268. The van der Waals surface area contributed by atoms with E-state index in [4.69, 9.17) is 0 Å². The number of nitrogens with zero attached hydrogens (tertiary/aromatic N) is 2. The third kappa shape index (κ3) is 6.23. The summed E-state index contributed by atoms with van der Waals surface area (Å²) in [4.78, 5) is 25.1. The van der Waals surface area contributed by atoms with Crippen LogP contribution in [0.4, 0.5) is 0 Å². The Labute approximate surface area is 163 Å². The van der Waals surface area contributed by atoms with E-state index in [9.17, 15) is 18.0 Å². The molecular formula is C18H23N3O4S2. The Hall–Kier alpha value is -2.10. The first-order valence-electron chi connectivity index (χ1n) is 8.38. The van der Waals surface area contributed by atoms with Crippen LogP contribution < -0.4 is 10.9 Å². The molecule has 0 radical (unpaired) electrons. The van der Waals surface area contributed by atoms with Crippen molar-refractivity contribution in [2.75, 3.05) is 26.4 Å². The van der Waals surface area contributed by atoms with Gasteiger partial charge in [0.05, 0.1) is 4.90 Å². The fourth-order valence-electron chi connectivity index (χ4n) is 2.21. The number of pyridine rings is 1. The molecule has 2 rings (SSSR count). The predicted octanol–water partition coefficient (Wildman–Crippen LogP) is 1.40. The Morgan fingerprint density at radius 1 is 1.15 bits per heavy atom. The van der Waals surface area contributed by atoms with Gasteiger partial charge in [-0.3, -0.25) is 9.59 Å². The highest BCUT2D eigenvalue weighted by molar-refractivity contribution is 7.99. The number of sulfonamides is 1. The Kier molecular flexibility index (Phi) is 7.64. The van der Waals surface area contributed by atoms with E-state index in [1.807, 2.05) is 30.3 Å². The number of carbonyl (C=O) groups is 1. The number of carbonyl (C=O) groups excluding carboxylic acids is 1. The molecule has 9 heteroatoms. The van der Waals surface area contributed by atoms with Crippen LogP contribution in [0.3, 0.4) is 0 Å². The maximum Gasteiger partial charge on any atom is 0.251 e. The molecule has 1 heterocycles. The number of rotatable bonds is 9. The smallest absolute Gasteiger partial charge is 0.251 e. The number of hydrogen-bond donors (Lipinski definition) is 1. The van der Waals surface area contributed by atoms with Gasteiger partial charge in [0.15, 0.2) is 0 Å². The summed E-state index contributed by atoms with van der Waals surface area (Å²) in [6, 6.07) is 12.4. The molecule has 1 N–H and O–H groups in total. The minimum Gasteiger partial charge on any atom is -0.355 e. The predicted molar refractivity (Wildman–Crippen MR) is 106 cm³/mol. The van der Waals surface area contributed by atoms with Gasteiger partial charge in [-0.1, -0.05) is 18.2 Å². The standard InChI is InChI=1S/C18H23N3O4S2/c1-20(2)27(24,25)16-9-10-18(23)21(13-16)14-17(22)19-11-6-12-26-15-7-4-3-5-8-15/h3-5,7-10,13H,6,11-12,14H2,1-2H3,(H,19,22). The average molecular weight is 410 g/mol. The molecule has 0 unspecified atom stereocenters. The molecule has 1 aromatic heterocycles. The van der Waals surface area contributed by atoms with Gasteiger partial charge in [-0.2, -0.15) is 0 Å². The summed E-state index contributed by atoms with van der Waals surface area (Å²) in [5.41, 5.74) is -0.428. The number of aromatic nitrogens is 1. The molecule has 7 nitrogen and oxygen atoms in total. The first kappa shape index (κ1) is 21.2. The van der Waals surface area contributed by atoms with E-state index in [1.165, 1.54) is 31.3 Å². The molecule has 0 aliphatic carbocycles. The molecule has 1 amide bonds. The first-order chi connectivity index (χ1) is 12.8. The van der Waals surface area contributed by atoms with Crippen LogP contribution >= 0.6 is 11.8 Å². The van der Waals surface area contributed by atoms with Crippen LogP contribution in [0.15, 0.2) is 63.2 Å². The highest BCUT2D eigenvalue weighted by Crippen LogP contribution is 2.17. The third-order valence-electron chi connectivity index (χ3n) is 3.70. The van der Waals surface area contributed by atoms with Crippen molar-refractivity contribution in [1.29, 1.82) is 0 Å². The second-order valence-corrected chi connectivity index (χ2v) is 9.30. The Bertz CT molecular complexity index is 925. The van der Waals surface area contributed by atoms with Crippen LogP contribution in [0.5, 0.6) is 0 Å². The topological polar surface area (TPSA) is 88.5 Å². The molecule has 0 aliphatic heterocycles. The largest absolute Gasteiger partial charge is 0.355 e. The lowest BCUT2D eigenvalue weighted by Crippen LogP contribution is -2.33. The van der Waals surface area contributed by atoms with Crippen LogP contribution in [0.2, 0.25) is 0 Å². The van der Waals surface area contributed by atoms with Crippen molar-refractivity contribution in [2.24, 2.45) is 0 Å². The molecule has 0 bridgehead atoms. The molecule has 2 aromatic rings. The van der Waals surface area contributed by atoms with E-state index in [1.54, 1.807) is 11.8 Å². The highest BCUT2D eigenvalue weighted by atomic mass is 32.2. The molecule has 0 saturated heterocycles. The molecule has 0 fully saturated rings. The van der Waals surface area contributed by atoms with E-state index in [0.29, 0.717) is 6.54 Å². The van der Waals surface area contributed by atoms with Gasteiger partial charge in [0.2, 0.25) is 15.9 Å². The maximum atomic E-state index is 12.1. The molecule has 0 aliphatic rings. The van der Waals surface area contributed by atoms with Crippen molar-refractivity contribution in [2.45, 2.75) is 22.8 Å². The summed E-state index contributed by atoms with van der Waals surface area (Å²) in [5.74, 6) is 0.530. The van der Waals surface area contributed by atoms with Crippen molar-refractivity contribution in [1.82, 2.24) is 14.2 Å². The number of amides is 1. The minimum atomic E-state index is -3.66. The Morgan fingerprint density at radius 3 is 2.52 bits per heavy atom. The van der Waals surface area contributed by atoms with Gasteiger partial charge in [-0.15, -0.1) is 11.8 Å². The van der Waals surface area contributed by atoms with Gasteiger partial charge >= 0.3 is 0 Å². The third-order valence-corrected chi connectivity index (χ3v) is 6.60. The molecule has 0 atom stereocenters. The van der Waals surface area contributed by atoms with Crippen molar-refractivity contribution < 1.29 is 13.2 Å². The lowest BCUT2D eigenvalue weighted by molar-refractivity contribution is -0.121. The van der Waals surface area contributed by atoms with Gasteiger partial charge in [0, 0.05) is 37.8 Å². The summed E-state index contributed by atoms with van der Waals surface area (Å²) in [6.07, 6.45) is 1.98. The maximum absolute atomic E-state index is 12.1. The Balaban J connectivity index is 1.85. The molecule has 0 saturated carbocycles. The zero-order valence-corrected chi connectivity index (χ0v) is 16.9. The summed E-state index contributed by atoms with van der Waals surface area (Å²) >= 11 is 1.71. The number of nitrogens with one attached hydrogen (secondary N) is 1. The van der Waals surface area contributed by atoms with Gasteiger partial charge in [0.1, 0.15) is 6.54 Å². The zero-order valence-electron chi connectivity index (χ0n) is 15.3. The Morgan fingerprint density at radius 2 is 1.85 bits per heavy atom. The van der Waals surface area contributed by atoms with E-state index in [0.717, 1.165) is 27.1 Å². The summed E-state index contributed by atoms with van der Waals surface area (Å²) in [7, 11) is -0.848. The van der Waals surface area contributed by atoms with Crippen molar-refractivity contribution in [3.05, 3.63) is 59.0 Å². The average Bonchev–Trinajstić information content (AvgIpc) is 2.64. The molecule has 27 heavy (non-hydrogen) atoms. The van der Waals surface area contributed by atoms with E-state index >= 15 is 0 Å². The quantitative estimate of drug-likeness (QED) is 0.500. The van der Waals surface area contributed by atoms with Crippen LogP contribution in [0.25, 0.3) is 0 Å². The normalized spacial score (nSPS) is 11.5. The van der Waals surface area contributed by atoms with Gasteiger partial charge in [-0.25, -0.2) is 12.7 Å². The summed E-state index contributed by atoms with van der Waals surface area (Å²) < 4.78 is 26.5. The number of hydrogen-bond acceptors (Lipinski definition) is 5. The van der Waals surface area contributed by atoms with Crippen molar-refractivity contribution in [3.8, 4) is 0 Å². The minimum absolute atomic E-state index is 0.0286. The van der Waals surface area contributed by atoms with Crippen molar-refractivity contribution in [3.63, 3.8) is 0 Å². The molecule has 1 aromatic carbocycles. The highest BCUT2D eigenvalue weighted by Gasteiger charge is 2.18. The fraction of sp³-hybridized carbons (Fsp3) is 0.333. The van der Waals surface area contributed by atoms with Crippen LogP contribution in [0, 0.1) is 0 Å². The second kappa shape index (κ2) is 9.72. The lowest BCUT2D eigenvalue weighted by atomic mass is 10.4. The van der Waals surface area contributed by atoms with Crippen LogP contribution in [-0.4, -0.2) is 49.6 Å². The fourth-order valence-corrected chi connectivity index (χ4v) is 4.01. The number of thioether (sulfide) groups is 1. The molecule has 146 valence electrons. The second-order valence-electron chi connectivity index (χ2n) is 5.98. The monoisotopic (exact) mass is 409 g/mol. The zero-order chi connectivity index (χ0) is 19.9. The van der Waals surface area contributed by atoms with Gasteiger partial charge < -0.3 is 9.88 Å². The van der Waals surface area contributed by atoms with E-state index in [-0.39, 0.29) is 17.3 Å².